The quantitative estimate of drug-likeness (QED) is 0.905. The first-order valence-electron chi connectivity index (χ1n) is 5.89. The maximum absolute atomic E-state index is 12.4. The molecule has 1 saturated heterocycles. The average molecular weight is 259 g/mol. The second kappa shape index (κ2) is 4.90. The van der Waals surface area contributed by atoms with Crippen molar-refractivity contribution < 1.29 is 17.9 Å². The molecular weight excluding hydrogens is 243 g/mol. The predicted octanol–water partition coefficient (Wildman–Crippen LogP) is 2.61. The number of nitrogens with two attached hydrogens (primary N) is 1. The Balaban J connectivity index is 2.11. The van der Waals surface area contributed by atoms with Crippen molar-refractivity contribution in [1.82, 2.24) is 0 Å². The highest BCUT2D eigenvalue weighted by Crippen LogP contribution is 2.33. The molecule has 2 N–H and O–H groups in total. The number of alkyl halides is 3. The van der Waals surface area contributed by atoms with Crippen LogP contribution in [-0.2, 0) is 17.3 Å². The van der Waals surface area contributed by atoms with E-state index in [2.05, 4.69) is 0 Å². The van der Waals surface area contributed by atoms with E-state index >= 15 is 0 Å². The largest absolute Gasteiger partial charge is 0.416 e. The minimum Gasteiger partial charge on any atom is -0.381 e. The van der Waals surface area contributed by atoms with Crippen LogP contribution in [0.15, 0.2) is 24.3 Å². The smallest absolute Gasteiger partial charge is 0.381 e. The van der Waals surface area contributed by atoms with Crippen molar-refractivity contribution in [2.24, 2.45) is 11.1 Å². The minimum absolute atomic E-state index is 0.111. The van der Waals surface area contributed by atoms with E-state index in [1.807, 2.05) is 0 Å². The molecule has 1 heterocycles. The monoisotopic (exact) mass is 259 g/mol. The Morgan fingerprint density at radius 1 is 1.22 bits per heavy atom. The van der Waals surface area contributed by atoms with Crippen LogP contribution in [0.25, 0.3) is 0 Å². The van der Waals surface area contributed by atoms with Crippen LogP contribution in [0.1, 0.15) is 17.5 Å². The van der Waals surface area contributed by atoms with E-state index < -0.39 is 11.7 Å². The summed E-state index contributed by atoms with van der Waals surface area (Å²) in [6, 6.07) is 5.29. The molecule has 100 valence electrons. The lowest BCUT2D eigenvalue weighted by molar-refractivity contribution is -0.137. The van der Waals surface area contributed by atoms with Crippen molar-refractivity contribution in [3.63, 3.8) is 0 Å². The summed E-state index contributed by atoms with van der Waals surface area (Å²) in [4.78, 5) is 0. The number of hydrogen-bond acceptors (Lipinski definition) is 2. The topological polar surface area (TPSA) is 35.2 Å². The Morgan fingerprint density at radius 2 is 1.89 bits per heavy atom. The Kier molecular flexibility index (Phi) is 3.64. The molecule has 0 radical (unpaired) electrons. The molecule has 1 aromatic carbocycles. The van der Waals surface area contributed by atoms with Gasteiger partial charge in [0.2, 0.25) is 0 Å². The molecule has 0 amide bonds. The molecule has 1 aliphatic rings. The Hall–Kier alpha value is -1.07. The fraction of sp³-hybridized carbons (Fsp3) is 0.538. The summed E-state index contributed by atoms with van der Waals surface area (Å²) in [7, 11) is 0. The van der Waals surface area contributed by atoms with Crippen LogP contribution in [-0.4, -0.2) is 19.8 Å². The second-order valence-electron chi connectivity index (χ2n) is 4.88. The molecule has 18 heavy (non-hydrogen) atoms. The zero-order valence-corrected chi connectivity index (χ0v) is 9.96. The molecule has 1 aromatic rings. The zero-order valence-electron chi connectivity index (χ0n) is 9.96. The van der Waals surface area contributed by atoms with Crippen LogP contribution in [0.5, 0.6) is 0 Å². The van der Waals surface area contributed by atoms with Gasteiger partial charge in [-0.1, -0.05) is 12.1 Å². The van der Waals surface area contributed by atoms with Gasteiger partial charge in [0.15, 0.2) is 0 Å². The van der Waals surface area contributed by atoms with E-state index in [1.165, 1.54) is 12.1 Å². The van der Waals surface area contributed by atoms with E-state index in [9.17, 15) is 13.2 Å². The van der Waals surface area contributed by atoms with Gasteiger partial charge >= 0.3 is 6.18 Å². The van der Waals surface area contributed by atoms with Crippen molar-refractivity contribution in [3.8, 4) is 0 Å². The first-order valence-corrected chi connectivity index (χ1v) is 5.89. The first kappa shape index (κ1) is 13.4. The third-order valence-corrected chi connectivity index (χ3v) is 3.48. The summed E-state index contributed by atoms with van der Waals surface area (Å²) < 4.78 is 42.6. The number of benzene rings is 1. The minimum atomic E-state index is -4.28. The fourth-order valence-corrected chi connectivity index (χ4v) is 2.27. The summed E-state index contributed by atoms with van der Waals surface area (Å²) >= 11 is 0. The molecule has 0 aliphatic carbocycles. The maximum Gasteiger partial charge on any atom is 0.416 e. The van der Waals surface area contributed by atoms with Crippen LogP contribution in [0.2, 0.25) is 0 Å². The van der Waals surface area contributed by atoms with Gasteiger partial charge in [0, 0.05) is 18.6 Å². The highest BCUT2D eigenvalue weighted by atomic mass is 19.4. The summed E-state index contributed by atoms with van der Waals surface area (Å²) in [5, 5.41) is 0. The highest BCUT2D eigenvalue weighted by molar-refractivity contribution is 5.25. The lowest BCUT2D eigenvalue weighted by Crippen LogP contribution is -2.33. The van der Waals surface area contributed by atoms with Crippen LogP contribution in [0, 0.1) is 5.41 Å². The average Bonchev–Trinajstić information content (AvgIpc) is 2.78. The van der Waals surface area contributed by atoms with E-state index in [4.69, 9.17) is 10.5 Å². The van der Waals surface area contributed by atoms with Gasteiger partial charge in [-0.15, -0.1) is 0 Å². The van der Waals surface area contributed by atoms with Crippen LogP contribution < -0.4 is 5.73 Å². The number of hydrogen-bond donors (Lipinski definition) is 1. The number of ether oxygens (including phenoxy) is 1. The van der Waals surface area contributed by atoms with Crippen molar-refractivity contribution in [2.75, 3.05) is 19.8 Å². The molecule has 0 aromatic heterocycles. The summed E-state index contributed by atoms with van der Waals surface area (Å²) in [5.74, 6) is 0. The highest BCUT2D eigenvalue weighted by Gasteiger charge is 2.34. The molecule has 1 aliphatic heterocycles. The fourth-order valence-electron chi connectivity index (χ4n) is 2.27. The van der Waals surface area contributed by atoms with Gasteiger partial charge in [-0.05, 0) is 30.5 Å². The van der Waals surface area contributed by atoms with Gasteiger partial charge in [0.1, 0.15) is 0 Å². The van der Waals surface area contributed by atoms with E-state index in [-0.39, 0.29) is 5.41 Å². The van der Waals surface area contributed by atoms with Crippen LogP contribution >= 0.6 is 0 Å². The molecule has 5 heteroatoms. The SMILES string of the molecule is NCC1(Cc2ccc(C(F)(F)F)cc2)CCOC1. The molecule has 2 nitrogen and oxygen atoms in total. The third kappa shape index (κ3) is 2.84. The van der Waals surface area contributed by atoms with Crippen LogP contribution in [0.4, 0.5) is 13.2 Å². The van der Waals surface area contributed by atoms with Crippen molar-refractivity contribution in [3.05, 3.63) is 35.4 Å². The van der Waals surface area contributed by atoms with Crippen molar-refractivity contribution in [2.45, 2.75) is 19.0 Å². The molecule has 0 bridgehead atoms. The molecule has 1 unspecified atom stereocenters. The second-order valence-corrected chi connectivity index (χ2v) is 4.88. The van der Waals surface area contributed by atoms with Crippen LogP contribution in [0.3, 0.4) is 0 Å². The molecule has 0 spiro atoms. The normalized spacial score (nSPS) is 24.4. The van der Waals surface area contributed by atoms with Crippen molar-refractivity contribution >= 4 is 0 Å². The Labute approximate surface area is 104 Å². The summed E-state index contributed by atoms with van der Waals surface area (Å²) in [6.07, 6.45) is -2.74. The number of halogens is 3. The first-order chi connectivity index (χ1) is 8.45. The van der Waals surface area contributed by atoms with Gasteiger partial charge in [-0.25, -0.2) is 0 Å². The van der Waals surface area contributed by atoms with Crippen molar-refractivity contribution in [1.29, 1.82) is 0 Å². The maximum atomic E-state index is 12.4. The summed E-state index contributed by atoms with van der Waals surface area (Å²) in [5.41, 5.74) is 5.90. The van der Waals surface area contributed by atoms with Gasteiger partial charge in [-0.2, -0.15) is 13.2 Å². The molecule has 0 saturated carbocycles. The third-order valence-electron chi connectivity index (χ3n) is 3.48. The van der Waals surface area contributed by atoms with Gasteiger partial charge < -0.3 is 10.5 Å². The molecular formula is C13H16F3NO. The molecule has 1 atom stereocenters. The lowest BCUT2D eigenvalue weighted by Gasteiger charge is -2.25. The van der Waals surface area contributed by atoms with Gasteiger partial charge in [0.05, 0.1) is 12.2 Å². The number of rotatable bonds is 3. The summed E-state index contributed by atoms with van der Waals surface area (Å²) in [6.45, 7) is 1.76. The standard InChI is InChI=1S/C13H16F3NO/c14-13(15,16)11-3-1-10(2-4-11)7-12(8-17)5-6-18-9-12/h1-4H,5-9,17H2. The Morgan fingerprint density at radius 3 is 2.33 bits per heavy atom. The predicted molar refractivity (Wildman–Crippen MR) is 62.1 cm³/mol. The Bertz CT molecular complexity index is 394. The lowest BCUT2D eigenvalue weighted by atomic mass is 9.81. The van der Waals surface area contributed by atoms with E-state index in [0.717, 1.165) is 24.1 Å². The van der Waals surface area contributed by atoms with Gasteiger partial charge in [-0.3, -0.25) is 0 Å². The zero-order chi connectivity index (χ0) is 13.2. The van der Waals surface area contributed by atoms with Gasteiger partial charge in [0.25, 0.3) is 0 Å². The molecule has 1 fully saturated rings. The van der Waals surface area contributed by atoms with E-state index in [1.54, 1.807) is 0 Å². The molecule has 2 rings (SSSR count). The van der Waals surface area contributed by atoms with E-state index in [0.29, 0.717) is 26.2 Å².